The first-order chi connectivity index (χ1) is 12.9. The lowest BCUT2D eigenvalue weighted by molar-refractivity contribution is -0.153. The molecule has 7 nitrogen and oxygen atoms in total. The summed E-state index contributed by atoms with van der Waals surface area (Å²) < 4.78 is 9.31. The van der Waals surface area contributed by atoms with Crippen molar-refractivity contribution in [3.8, 4) is 0 Å². The number of primary amides is 1. The van der Waals surface area contributed by atoms with Crippen molar-refractivity contribution in [1.29, 1.82) is 0 Å². The van der Waals surface area contributed by atoms with E-state index in [1.807, 2.05) is 37.3 Å². The van der Waals surface area contributed by atoms with Crippen molar-refractivity contribution in [2.75, 3.05) is 13.7 Å². The molecule has 27 heavy (non-hydrogen) atoms. The maximum atomic E-state index is 10.8. The van der Waals surface area contributed by atoms with Gasteiger partial charge < -0.3 is 25.4 Å². The number of aliphatic hydroxyl groups excluding tert-OH is 2. The summed E-state index contributed by atoms with van der Waals surface area (Å²) in [4.78, 5) is 20.9. The fourth-order valence-corrected chi connectivity index (χ4v) is 1.31. The fraction of sp³-hybridized carbons (Fsp3) is 0.600. The highest BCUT2D eigenvalue weighted by atomic mass is 16.5. The van der Waals surface area contributed by atoms with Crippen molar-refractivity contribution >= 4 is 12.1 Å². The topological polar surface area (TPSA) is 119 Å². The average molecular weight is 388 g/mol. The lowest BCUT2D eigenvalue weighted by Gasteiger charge is -2.07. The zero-order valence-electron chi connectivity index (χ0n) is 17.3. The molecule has 1 atom stereocenters. The second-order valence-corrected chi connectivity index (χ2v) is 5.25. The second-order valence-electron chi connectivity index (χ2n) is 5.25. The van der Waals surface area contributed by atoms with Crippen molar-refractivity contribution < 1.29 is 29.3 Å². The Hall–Kier alpha value is -2.12. The van der Waals surface area contributed by atoms with Crippen LogP contribution in [0.2, 0.25) is 0 Å². The van der Waals surface area contributed by atoms with Crippen LogP contribution >= 0.6 is 0 Å². The number of amides is 1. The average Bonchev–Trinajstić information content (AvgIpc) is 2.69. The van der Waals surface area contributed by atoms with Crippen molar-refractivity contribution in [2.24, 2.45) is 5.73 Å². The van der Waals surface area contributed by atoms with Crippen LogP contribution in [0.4, 0.5) is 4.79 Å². The van der Waals surface area contributed by atoms with Gasteiger partial charge in [-0.05, 0) is 18.4 Å². The third-order valence-corrected chi connectivity index (χ3v) is 2.62. The van der Waals surface area contributed by atoms with E-state index >= 15 is 0 Å². The van der Waals surface area contributed by atoms with Crippen LogP contribution in [0.3, 0.4) is 0 Å². The van der Waals surface area contributed by atoms with E-state index in [-0.39, 0.29) is 6.61 Å². The van der Waals surface area contributed by atoms with E-state index in [0.717, 1.165) is 25.5 Å². The zero-order chi connectivity index (χ0) is 21.5. The Balaban J connectivity index is -0.000000345. The summed E-state index contributed by atoms with van der Waals surface area (Å²) in [6.07, 6.45) is 1.85. The van der Waals surface area contributed by atoms with Gasteiger partial charge in [0.15, 0.2) is 6.10 Å². The Kier molecular flexibility index (Phi) is 26.2. The van der Waals surface area contributed by atoms with Gasteiger partial charge in [-0.2, -0.15) is 0 Å². The molecule has 158 valence electrons. The largest absolute Gasteiger partial charge is 0.464 e. The van der Waals surface area contributed by atoms with E-state index in [1.165, 1.54) is 6.42 Å². The van der Waals surface area contributed by atoms with Gasteiger partial charge in [-0.25, -0.2) is 9.59 Å². The van der Waals surface area contributed by atoms with Gasteiger partial charge in [-0.3, -0.25) is 0 Å². The van der Waals surface area contributed by atoms with Crippen LogP contribution in [0.1, 0.15) is 58.9 Å². The van der Waals surface area contributed by atoms with Crippen molar-refractivity contribution in [1.82, 2.24) is 0 Å². The van der Waals surface area contributed by atoms with Crippen LogP contribution in [-0.4, -0.2) is 42.1 Å². The summed E-state index contributed by atoms with van der Waals surface area (Å²) >= 11 is 0. The smallest absolute Gasteiger partial charge is 0.404 e. The van der Waals surface area contributed by atoms with Gasteiger partial charge in [0.05, 0.1) is 6.61 Å². The van der Waals surface area contributed by atoms with E-state index in [1.54, 1.807) is 6.92 Å². The molecular weight excluding hydrogens is 350 g/mol. The number of carbonyl (C=O) groups is 2. The number of nitrogens with two attached hydrogens (primary N) is 1. The first kappa shape index (κ1) is 29.6. The van der Waals surface area contributed by atoms with E-state index in [4.69, 9.17) is 20.7 Å². The molecule has 1 aromatic carbocycles. The Morgan fingerprint density at radius 1 is 1.04 bits per heavy atom. The van der Waals surface area contributed by atoms with Crippen LogP contribution in [0.25, 0.3) is 0 Å². The molecule has 7 heteroatoms. The molecule has 0 spiro atoms. The summed E-state index contributed by atoms with van der Waals surface area (Å²) in [6.45, 7) is 8.68. The third kappa shape index (κ3) is 23.9. The highest BCUT2D eigenvalue weighted by molar-refractivity contribution is 5.74. The van der Waals surface area contributed by atoms with E-state index in [2.05, 4.69) is 18.6 Å². The molecule has 0 radical (unpaired) electrons. The number of ether oxygens (including phenoxy) is 2. The lowest BCUT2D eigenvalue weighted by atomic mass is 10.2. The number of benzene rings is 1. The van der Waals surface area contributed by atoms with Crippen molar-refractivity contribution in [2.45, 2.75) is 66.1 Å². The molecule has 0 aromatic heterocycles. The van der Waals surface area contributed by atoms with Gasteiger partial charge in [-0.1, -0.05) is 70.9 Å². The second kappa shape index (κ2) is 23.9. The van der Waals surface area contributed by atoms with E-state index in [9.17, 15) is 9.59 Å². The highest BCUT2D eigenvalue weighted by Gasteiger charge is 2.12. The van der Waals surface area contributed by atoms with Gasteiger partial charge in [-0.15, -0.1) is 0 Å². The zero-order valence-corrected chi connectivity index (χ0v) is 17.3. The third-order valence-electron chi connectivity index (χ3n) is 2.62. The van der Waals surface area contributed by atoms with Crippen molar-refractivity contribution in [3.63, 3.8) is 0 Å². The standard InChI is InChI=1S/C8H9NO2.C8H16O3.C3H8.CH4O/c9-8(10)11-6-7-4-2-1-3-5-7;1-3-5-6-11-8(10)7(9)4-2;1-3-2;1-2/h1-5H,6H2,(H2,9,10);7,9H,3-6H2,1-2H3;3H2,1-2H3;2H,1H3/t;7-;;/m.0../s1. The summed E-state index contributed by atoms with van der Waals surface area (Å²) in [5.74, 6) is -0.499. The number of carbonyl (C=O) groups excluding carboxylic acids is 2. The molecule has 4 N–H and O–H groups in total. The molecule has 0 aliphatic heterocycles. The summed E-state index contributed by atoms with van der Waals surface area (Å²) in [5, 5.41) is 16.0. The number of aliphatic hydroxyl groups is 2. The van der Waals surface area contributed by atoms with Crippen LogP contribution < -0.4 is 5.73 Å². The Labute approximate surface area is 163 Å². The van der Waals surface area contributed by atoms with Gasteiger partial charge in [0.1, 0.15) is 6.61 Å². The minimum atomic E-state index is -0.938. The molecule has 0 aliphatic carbocycles. The first-order valence-corrected chi connectivity index (χ1v) is 9.18. The Morgan fingerprint density at radius 2 is 1.56 bits per heavy atom. The highest BCUT2D eigenvalue weighted by Crippen LogP contribution is 1.99. The van der Waals surface area contributed by atoms with E-state index < -0.39 is 18.2 Å². The fourth-order valence-electron chi connectivity index (χ4n) is 1.31. The predicted molar refractivity (Wildman–Crippen MR) is 107 cm³/mol. The summed E-state index contributed by atoms with van der Waals surface area (Å²) in [5.41, 5.74) is 5.72. The van der Waals surface area contributed by atoms with Crippen LogP contribution in [0.15, 0.2) is 30.3 Å². The van der Waals surface area contributed by atoms with Gasteiger partial charge in [0.2, 0.25) is 0 Å². The normalized spacial score (nSPS) is 9.74. The predicted octanol–water partition coefficient (Wildman–Crippen LogP) is 3.41. The van der Waals surface area contributed by atoms with Crippen LogP contribution in [-0.2, 0) is 20.9 Å². The molecular formula is C20H37NO6. The molecule has 0 bridgehead atoms. The Morgan fingerprint density at radius 3 is 1.96 bits per heavy atom. The summed E-state index contributed by atoms with van der Waals surface area (Å²) in [7, 11) is 1.00. The van der Waals surface area contributed by atoms with Crippen molar-refractivity contribution in [3.05, 3.63) is 35.9 Å². The summed E-state index contributed by atoms with van der Waals surface area (Å²) in [6, 6.07) is 9.37. The van der Waals surface area contributed by atoms with Crippen LogP contribution in [0.5, 0.6) is 0 Å². The quantitative estimate of drug-likeness (QED) is 0.487. The lowest BCUT2D eigenvalue weighted by Crippen LogP contribution is -2.22. The maximum absolute atomic E-state index is 10.8. The molecule has 0 heterocycles. The number of hydrogen-bond acceptors (Lipinski definition) is 6. The number of rotatable bonds is 7. The molecule has 0 saturated heterocycles. The molecule has 0 saturated carbocycles. The minimum absolute atomic E-state index is 0.246. The SMILES string of the molecule is CCC.CCCCOC(=O)[C@@H](O)CC.CO.NC(=O)OCc1ccccc1. The van der Waals surface area contributed by atoms with Gasteiger partial charge in [0, 0.05) is 7.11 Å². The molecule has 1 rings (SSSR count). The number of esters is 1. The van der Waals surface area contributed by atoms with E-state index in [0.29, 0.717) is 13.0 Å². The molecule has 0 fully saturated rings. The monoisotopic (exact) mass is 387 g/mol. The van der Waals surface area contributed by atoms with Crippen LogP contribution in [0, 0.1) is 0 Å². The maximum Gasteiger partial charge on any atom is 0.404 e. The van der Waals surface area contributed by atoms with Gasteiger partial charge >= 0.3 is 12.1 Å². The molecule has 1 aromatic rings. The number of unbranched alkanes of at least 4 members (excludes halogenated alkanes) is 1. The molecule has 0 aliphatic rings. The molecule has 1 amide bonds. The number of hydrogen-bond donors (Lipinski definition) is 3. The van der Waals surface area contributed by atoms with Gasteiger partial charge in [0.25, 0.3) is 0 Å². The molecule has 0 unspecified atom stereocenters. The minimum Gasteiger partial charge on any atom is -0.464 e. The Bertz CT molecular complexity index is 439. The first-order valence-electron chi connectivity index (χ1n) is 9.18.